The molecule has 0 spiro atoms. The predicted molar refractivity (Wildman–Crippen MR) is 74.9 cm³/mol. The van der Waals surface area contributed by atoms with Crippen molar-refractivity contribution in [2.24, 2.45) is 0 Å². The molecule has 0 aliphatic carbocycles. The van der Waals surface area contributed by atoms with Gasteiger partial charge in [-0.2, -0.15) is 0 Å². The van der Waals surface area contributed by atoms with Crippen LogP contribution < -0.4 is 5.32 Å². The fraction of sp³-hybridized carbons (Fsp3) is 0.143. The van der Waals surface area contributed by atoms with E-state index in [1.807, 2.05) is 18.2 Å². The number of rotatable bonds is 3. The molecule has 0 aromatic heterocycles. The summed E-state index contributed by atoms with van der Waals surface area (Å²) in [6.45, 7) is 2.24. The quantitative estimate of drug-likeness (QED) is 0.831. The van der Waals surface area contributed by atoms with Crippen molar-refractivity contribution >= 4 is 28.9 Å². The Hall–Kier alpha value is -1.25. The highest BCUT2D eigenvalue weighted by Crippen LogP contribution is 2.26. The first-order chi connectivity index (χ1) is 8.59. The van der Waals surface area contributed by atoms with Crippen molar-refractivity contribution in [1.29, 1.82) is 0 Å². The molecule has 0 saturated carbocycles. The van der Waals surface area contributed by atoms with E-state index in [9.17, 15) is 4.39 Å². The summed E-state index contributed by atoms with van der Waals surface area (Å²) in [4.78, 5) is 0. The molecule has 0 heterocycles. The molecule has 0 atom stereocenters. The molecule has 1 N–H and O–H groups in total. The molecule has 4 heteroatoms. The second-order valence-corrected chi connectivity index (χ2v) is 4.76. The Morgan fingerprint density at radius 1 is 1.11 bits per heavy atom. The second kappa shape index (κ2) is 5.59. The van der Waals surface area contributed by atoms with Gasteiger partial charge in [-0.1, -0.05) is 41.4 Å². The summed E-state index contributed by atoms with van der Waals surface area (Å²) in [6, 6.07) is 10.4. The highest BCUT2D eigenvalue weighted by Gasteiger charge is 2.06. The fourth-order valence-corrected chi connectivity index (χ4v) is 2.06. The third kappa shape index (κ3) is 2.77. The normalized spacial score (nSPS) is 10.4. The first kappa shape index (κ1) is 13.2. The lowest BCUT2D eigenvalue weighted by atomic mass is 10.1. The molecule has 0 radical (unpaired) electrons. The number of benzene rings is 2. The van der Waals surface area contributed by atoms with Crippen LogP contribution in [0.4, 0.5) is 10.1 Å². The van der Waals surface area contributed by atoms with Crippen LogP contribution in [0.2, 0.25) is 10.0 Å². The molecule has 0 aliphatic rings. The number of hydrogen-bond donors (Lipinski definition) is 1. The summed E-state index contributed by atoms with van der Waals surface area (Å²) in [5.41, 5.74) is 2.23. The van der Waals surface area contributed by atoms with Crippen molar-refractivity contribution in [3.63, 3.8) is 0 Å². The van der Waals surface area contributed by atoms with Gasteiger partial charge >= 0.3 is 0 Å². The van der Waals surface area contributed by atoms with Crippen LogP contribution >= 0.6 is 23.2 Å². The zero-order valence-electron chi connectivity index (χ0n) is 9.81. The maximum Gasteiger partial charge on any atom is 0.128 e. The van der Waals surface area contributed by atoms with Crippen LogP contribution in [0.5, 0.6) is 0 Å². The van der Waals surface area contributed by atoms with Crippen LogP contribution in [0.25, 0.3) is 0 Å². The fourth-order valence-electron chi connectivity index (χ4n) is 1.67. The molecule has 0 unspecified atom stereocenters. The van der Waals surface area contributed by atoms with Crippen LogP contribution in [0, 0.1) is 12.7 Å². The molecular formula is C14H12Cl2FN. The third-order valence-electron chi connectivity index (χ3n) is 2.77. The molecule has 94 valence electrons. The molecule has 0 aliphatic heterocycles. The Kier molecular flexibility index (Phi) is 4.10. The molecule has 0 bridgehead atoms. The largest absolute Gasteiger partial charge is 0.381 e. The van der Waals surface area contributed by atoms with Gasteiger partial charge in [0.2, 0.25) is 0 Å². The van der Waals surface area contributed by atoms with Crippen LogP contribution in [0.15, 0.2) is 36.4 Å². The average molecular weight is 284 g/mol. The molecular weight excluding hydrogens is 272 g/mol. The Balaban J connectivity index is 2.17. The third-order valence-corrected chi connectivity index (χ3v) is 3.63. The number of nitrogens with one attached hydrogen (secondary N) is 1. The number of halogens is 3. The molecule has 1 nitrogen and oxygen atoms in total. The number of hydrogen-bond acceptors (Lipinski definition) is 1. The van der Waals surface area contributed by atoms with Crippen molar-refractivity contribution in [1.82, 2.24) is 0 Å². The SMILES string of the molecule is Cc1c(F)cccc1NCc1cccc(Cl)c1Cl. The lowest BCUT2D eigenvalue weighted by Gasteiger charge is -2.11. The van der Waals surface area contributed by atoms with Gasteiger partial charge in [0, 0.05) is 17.8 Å². The van der Waals surface area contributed by atoms with Crippen molar-refractivity contribution in [3.05, 3.63) is 63.4 Å². The van der Waals surface area contributed by atoms with Crippen molar-refractivity contribution in [2.45, 2.75) is 13.5 Å². The first-order valence-corrected chi connectivity index (χ1v) is 6.27. The van der Waals surface area contributed by atoms with Gasteiger partial charge in [-0.3, -0.25) is 0 Å². The van der Waals surface area contributed by atoms with Crippen molar-refractivity contribution in [2.75, 3.05) is 5.32 Å². The van der Waals surface area contributed by atoms with E-state index in [-0.39, 0.29) is 5.82 Å². The van der Waals surface area contributed by atoms with Crippen molar-refractivity contribution < 1.29 is 4.39 Å². The Bertz CT molecular complexity index is 518. The van der Waals surface area contributed by atoms with Gasteiger partial charge in [-0.05, 0) is 30.7 Å². The smallest absolute Gasteiger partial charge is 0.128 e. The van der Waals surface area contributed by atoms with Gasteiger partial charge in [-0.15, -0.1) is 0 Å². The summed E-state index contributed by atoms with van der Waals surface area (Å²) < 4.78 is 13.4. The van der Waals surface area contributed by atoms with Crippen LogP contribution in [-0.2, 0) is 6.54 Å². The lowest BCUT2D eigenvalue weighted by Crippen LogP contribution is -2.02. The first-order valence-electron chi connectivity index (χ1n) is 5.51. The van der Waals surface area contributed by atoms with E-state index >= 15 is 0 Å². The van der Waals surface area contributed by atoms with Crippen LogP contribution in [0.1, 0.15) is 11.1 Å². The van der Waals surface area contributed by atoms with E-state index in [4.69, 9.17) is 23.2 Å². The molecule has 18 heavy (non-hydrogen) atoms. The highest BCUT2D eigenvalue weighted by atomic mass is 35.5. The minimum absolute atomic E-state index is 0.225. The Labute approximate surface area is 116 Å². The van der Waals surface area contributed by atoms with Crippen molar-refractivity contribution in [3.8, 4) is 0 Å². The van der Waals surface area contributed by atoms with E-state index in [1.165, 1.54) is 6.07 Å². The summed E-state index contributed by atoms with van der Waals surface area (Å²) in [5.74, 6) is -0.225. The van der Waals surface area contributed by atoms with Crippen LogP contribution in [0.3, 0.4) is 0 Å². The van der Waals surface area contributed by atoms with E-state index in [0.29, 0.717) is 22.2 Å². The van der Waals surface area contributed by atoms with Gasteiger partial charge in [-0.25, -0.2) is 4.39 Å². The Morgan fingerprint density at radius 3 is 2.61 bits per heavy atom. The minimum atomic E-state index is -0.225. The van der Waals surface area contributed by atoms with Gasteiger partial charge in [0.05, 0.1) is 10.0 Å². The van der Waals surface area contributed by atoms with Gasteiger partial charge in [0.25, 0.3) is 0 Å². The molecule has 0 saturated heterocycles. The van der Waals surface area contributed by atoms with Gasteiger partial charge < -0.3 is 5.32 Å². The maximum atomic E-state index is 13.4. The molecule has 2 aromatic rings. The molecule has 0 fully saturated rings. The second-order valence-electron chi connectivity index (χ2n) is 3.98. The van der Waals surface area contributed by atoms with Gasteiger partial charge in [0.1, 0.15) is 5.82 Å². The zero-order chi connectivity index (χ0) is 13.1. The van der Waals surface area contributed by atoms with E-state index in [2.05, 4.69) is 5.32 Å². The lowest BCUT2D eigenvalue weighted by molar-refractivity contribution is 0.619. The monoisotopic (exact) mass is 283 g/mol. The summed E-state index contributed by atoms with van der Waals surface area (Å²) in [7, 11) is 0. The van der Waals surface area contributed by atoms with E-state index in [0.717, 1.165) is 11.3 Å². The molecule has 2 rings (SSSR count). The highest BCUT2D eigenvalue weighted by molar-refractivity contribution is 6.42. The standard InChI is InChI=1S/C14H12Cl2FN/c1-9-12(17)6-3-7-13(9)18-8-10-4-2-5-11(15)14(10)16/h2-7,18H,8H2,1H3. The van der Waals surface area contributed by atoms with Gasteiger partial charge in [0.15, 0.2) is 0 Å². The topological polar surface area (TPSA) is 12.0 Å². The van der Waals surface area contributed by atoms with Crippen LogP contribution in [-0.4, -0.2) is 0 Å². The summed E-state index contributed by atoms with van der Waals surface area (Å²) >= 11 is 12.0. The van der Waals surface area contributed by atoms with E-state index < -0.39 is 0 Å². The predicted octanol–water partition coefficient (Wildman–Crippen LogP) is 5.05. The van der Waals surface area contributed by atoms with E-state index in [1.54, 1.807) is 19.1 Å². The average Bonchev–Trinajstić information content (AvgIpc) is 2.36. The summed E-state index contributed by atoms with van der Waals surface area (Å²) in [5, 5.41) is 4.20. The summed E-state index contributed by atoms with van der Waals surface area (Å²) in [6.07, 6.45) is 0. The molecule has 0 amide bonds. The zero-order valence-corrected chi connectivity index (χ0v) is 11.3. The maximum absolute atomic E-state index is 13.4. The molecule has 2 aromatic carbocycles. The number of anilines is 1. The minimum Gasteiger partial charge on any atom is -0.381 e. The Morgan fingerprint density at radius 2 is 1.83 bits per heavy atom.